The number of nitrogens with two attached hydrogens (primary N) is 1. The lowest BCUT2D eigenvalue weighted by Gasteiger charge is -2.06. The summed E-state index contributed by atoms with van der Waals surface area (Å²) >= 11 is 0. The third-order valence-electron chi connectivity index (χ3n) is 3.46. The lowest BCUT2D eigenvalue weighted by molar-refractivity contribution is 0.102. The fraction of sp³-hybridized carbons (Fsp3) is 0.0667. The number of pyridine rings is 1. The average Bonchev–Trinajstić information content (AvgIpc) is 2.85. The zero-order chi connectivity index (χ0) is 16.6. The first-order valence-electron chi connectivity index (χ1n) is 6.69. The maximum absolute atomic E-state index is 12.2. The fourth-order valence-electron chi connectivity index (χ4n) is 2.37. The largest absolute Gasteiger partial charge is 0.349 e. The molecule has 1 amide bonds. The van der Waals surface area contributed by atoms with Gasteiger partial charge in [0.15, 0.2) is 0 Å². The van der Waals surface area contributed by atoms with E-state index in [1.165, 1.54) is 18.6 Å². The molecule has 0 aliphatic carbocycles. The number of fused-ring (bicyclic) bond motifs is 1. The Balaban J connectivity index is 2.02. The van der Waals surface area contributed by atoms with Crippen LogP contribution >= 0.6 is 0 Å². The summed E-state index contributed by atoms with van der Waals surface area (Å²) in [6.45, 7) is 0. The number of aryl methyl sites for hydroxylation is 1. The molecular weight excluding hydrogens is 316 g/mol. The number of carbonyl (C=O) groups excluding carboxylic acids is 1. The highest BCUT2D eigenvalue weighted by molar-refractivity contribution is 7.89. The van der Waals surface area contributed by atoms with Gasteiger partial charge >= 0.3 is 0 Å². The molecule has 7 nitrogen and oxygen atoms in total. The van der Waals surface area contributed by atoms with Gasteiger partial charge in [-0.3, -0.25) is 9.78 Å². The molecule has 0 unspecified atom stereocenters. The second kappa shape index (κ2) is 5.49. The number of hydrogen-bond acceptors (Lipinski definition) is 4. The first kappa shape index (κ1) is 15.2. The fourth-order valence-corrected chi connectivity index (χ4v) is 3.14. The SMILES string of the molecule is Cn1cc(S(N)(=O)=O)c2cc(NC(=O)c3ccncc3)ccc21. The van der Waals surface area contributed by atoms with E-state index in [1.807, 2.05) is 0 Å². The molecule has 0 bridgehead atoms. The number of anilines is 1. The lowest BCUT2D eigenvalue weighted by Crippen LogP contribution is -2.12. The molecule has 0 aliphatic rings. The van der Waals surface area contributed by atoms with Crippen molar-refractivity contribution in [3.63, 3.8) is 0 Å². The molecule has 2 heterocycles. The van der Waals surface area contributed by atoms with Crippen molar-refractivity contribution < 1.29 is 13.2 Å². The van der Waals surface area contributed by atoms with Gasteiger partial charge in [-0.2, -0.15) is 0 Å². The van der Waals surface area contributed by atoms with Gasteiger partial charge in [-0.1, -0.05) is 0 Å². The minimum Gasteiger partial charge on any atom is -0.349 e. The number of aromatic nitrogens is 2. The van der Waals surface area contributed by atoms with Crippen LogP contribution in [0.15, 0.2) is 53.8 Å². The van der Waals surface area contributed by atoms with Crippen LogP contribution in [0.3, 0.4) is 0 Å². The standard InChI is InChI=1S/C15H14N4O3S/c1-19-9-14(23(16,21)22)12-8-11(2-3-13(12)19)18-15(20)10-4-6-17-7-5-10/h2-9H,1H3,(H,18,20)(H2,16,21,22). The second-order valence-electron chi connectivity index (χ2n) is 5.07. The van der Waals surface area contributed by atoms with E-state index >= 15 is 0 Å². The Morgan fingerprint density at radius 1 is 1.22 bits per heavy atom. The Kier molecular flexibility index (Phi) is 3.63. The summed E-state index contributed by atoms with van der Waals surface area (Å²) in [6.07, 6.45) is 4.50. The molecule has 0 radical (unpaired) electrons. The van der Waals surface area contributed by atoms with E-state index in [1.54, 1.807) is 41.9 Å². The summed E-state index contributed by atoms with van der Waals surface area (Å²) in [5.41, 5.74) is 1.64. The van der Waals surface area contributed by atoms with Crippen molar-refractivity contribution in [2.75, 3.05) is 5.32 Å². The molecule has 0 saturated carbocycles. The zero-order valence-electron chi connectivity index (χ0n) is 12.2. The summed E-state index contributed by atoms with van der Waals surface area (Å²) in [5.74, 6) is -0.306. The molecule has 3 rings (SSSR count). The van der Waals surface area contributed by atoms with E-state index in [9.17, 15) is 13.2 Å². The van der Waals surface area contributed by atoms with Crippen LogP contribution in [0.25, 0.3) is 10.9 Å². The number of hydrogen-bond donors (Lipinski definition) is 2. The van der Waals surface area contributed by atoms with E-state index in [2.05, 4.69) is 10.3 Å². The number of nitrogens with one attached hydrogen (secondary N) is 1. The van der Waals surface area contributed by atoms with Gasteiger partial charge in [0.05, 0.1) is 0 Å². The number of benzene rings is 1. The van der Waals surface area contributed by atoms with Gasteiger partial charge < -0.3 is 9.88 Å². The minimum absolute atomic E-state index is 0.0232. The van der Waals surface area contributed by atoms with Gasteiger partial charge in [-0.25, -0.2) is 13.6 Å². The molecule has 0 spiro atoms. The Morgan fingerprint density at radius 2 is 1.91 bits per heavy atom. The van der Waals surface area contributed by atoms with E-state index < -0.39 is 10.0 Å². The molecule has 3 aromatic rings. The first-order chi connectivity index (χ1) is 10.9. The highest BCUT2D eigenvalue weighted by Gasteiger charge is 2.17. The molecule has 3 N–H and O–H groups in total. The van der Waals surface area contributed by atoms with Gasteiger partial charge in [0, 0.05) is 47.8 Å². The van der Waals surface area contributed by atoms with Crippen LogP contribution in [0.2, 0.25) is 0 Å². The number of nitrogens with zero attached hydrogens (tertiary/aromatic N) is 2. The molecule has 0 atom stereocenters. The molecule has 23 heavy (non-hydrogen) atoms. The van der Waals surface area contributed by atoms with Crippen LogP contribution in [-0.4, -0.2) is 23.9 Å². The first-order valence-corrected chi connectivity index (χ1v) is 8.24. The topological polar surface area (TPSA) is 107 Å². The van der Waals surface area contributed by atoms with Crippen molar-refractivity contribution in [3.05, 3.63) is 54.5 Å². The number of amides is 1. The van der Waals surface area contributed by atoms with Crippen LogP contribution in [-0.2, 0) is 17.1 Å². The summed E-state index contributed by atoms with van der Waals surface area (Å²) < 4.78 is 25.0. The third kappa shape index (κ3) is 2.94. The van der Waals surface area contributed by atoms with E-state index in [4.69, 9.17) is 5.14 Å². The Bertz CT molecular complexity index is 994. The summed E-state index contributed by atoms with van der Waals surface area (Å²) in [7, 11) is -2.12. The van der Waals surface area contributed by atoms with Crippen molar-refractivity contribution >= 4 is 32.5 Å². The van der Waals surface area contributed by atoms with Gasteiger partial charge in [-0.15, -0.1) is 0 Å². The van der Waals surface area contributed by atoms with Crippen molar-refractivity contribution in [1.29, 1.82) is 0 Å². The molecule has 2 aromatic heterocycles. The van der Waals surface area contributed by atoms with Crippen molar-refractivity contribution in [1.82, 2.24) is 9.55 Å². The summed E-state index contributed by atoms with van der Waals surface area (Å²) in [6, 6.07) is 8.20. The van der Waals surface area contributed by atoms with Crippen LogP contribution in [0.4, 0.5) is 5.69 Å². The summed E-state index contributed by atoms with van der Waals surface area (Å²) in [5, 5.41) is 8.43. The van der Waals surface area contributed by atoms with Crippen LogP contribution in [0.5, 0.6) is 0 Å². The average molecular weight is 330 g/mol. The maximum atomic E-state index is 12.2. The molecule has 0 saturated heterocycles. The molecule has 0 aliphatic heterocycles. The van der Waals surface area contributed by atoms with E-state index in [-0.39, 0.29) is 10.8 Å². The van der Waals surface area contributed by atoms with Crippen molar-refractivity contribution in [2.24, 2.45) is 12.2 Å². The molecule has 118 valence electrons. The van der Waals surface area contributed by atoms with Gasteiger partial charge in [-0.05, 0) is 30.3 Å². The molecular formula is C15H14N4O3S. The monoisotopic (exact) mass is 330 g/mol. The van der Waals surface area contributed by atoms with Gasteiger partial charge in [0.1, 0.15) is 4.90 Å². The van der Waals surface area contributed by atoms with Gasteiger partial charge in [0.2, 0.25) is 10.0 Å². The Morgan fingerprint density at radius 3 is 2.57 bits per heavy atom. The predicted octanol–water partition coefficient (Wildman–Crippen LogP) is 1.47. The number of sulfonamides is 1. The Hall–Kier alpha value is -2.71. The highest BCUT2D eigenvalue weighted by Crippen LogP contribution is 2.27. The van der Waals surface area contributed by atoms with E-state index in [0.29, 0.717) is 22.2 Å². The molecule has 8 heteroatoms. The Labute approximate surface area is 132 Å². The smallest absolute Gasteiger partial charge is 0.255 e. The van der Waals surface area contributed by atoms with Crippen LogP contribution < -0.4 is 10.5 Å². The minimum atomic E-state index is -3.85. The maximum Gasteiger partial charge on any atom is 0.255 e. The number of primary sulfonamides is 1. The normalized spacial score (nSPS) is 11.6. The quantitative estimate of drug-likeness (QED) is 0.758. The van der Waals surface area contributed by atoms with Gasteiger partial charge in [0.25, 0.3) is 5.91 Å². The predicted molar refractivity (Wildman–Crippen MR) is 86.5 cm³/mol. The van der Waals surface area contributed by atoms with E-state index in [0.717, 1.165) is 0 Å². The molecule has 0 fully saturated rings. The zero-order valence-corrected chi connectivity index (χ0v) is 13.0. The third-order valence-corrected chi connectivity index (χ3v) is 4.40. The van der Waals surface area contributed by atoms with Crippen molar-refractivity contribution in [2.45, 2.75) is 4.90 Å². The lowest BCUT2D eigenvalue weighted by atomic mass is 10.2. The number of rotatable bonds is 3. The molecule has 1 aromatic carbocycles. The summed E-state index contributed by atoms with van der Waals surface area (Å²) in [4.78, 5) is 16.0. The van der Waals surface area contributed by atoms with Crippen LogP contribution in [0.1, 0.15) is 10.4 Å². The number of carbonyl (C=O) groups is 1. The second-order valence-corrected chi connectivity index (χ2v) is 6.60. The van der Waals surface area contributed by atoms with Crippen molar-refractivity contribution in [3.8, 4) is 0 Å². The highest BCUT2D eigenvalue weighted by atomic mass is 32.2. The van der Waals surface area contributed by atoms with Crippen LogP contribution in [0, 0.1) is 0 Å².